The van der Waals surface area contributed by atoms with Gasteiger partial charge in [0.1, 0.15) is 17.2 Å². The standard InChI is InChI=1S/C28H22ClN3O3/c29-23-11-9-22(10-12-23)27(33)32-26(28(34)31-19-20-13-15-30-16-14-20)18-21-5-4-8-25(17-21)35-24-6-2-1-3-7-24/h1-18H,19H2,(H,31,34)(H,32,33)/b26-18+. The van der Waals surface area contributed by atoms with Gasteiger partial charge in [-0.15, -0.1) is 0 Å². The van der Waals surface area contributed by atoms with E-state index in [-0.39, 0.29) is 12.2 Å². The number of para-hydroxylation sites is 1. The minimum atomic E-state index is -0.432. The number of aromatic nitrogens is 1. The molecule has 0 radical (unpaired) electrons. The number of ether oxygens (including phenoxy) is 1. The van der Waals surface area contributed by atoms with Crippen molar-refractivity contribution in [1.82, 2.24) is 15.6 Å². The van der Waals surface area contributed by atoms with Crippen LogP contribution >= 0.6 is 11.6 Å². The van der Waals surface area contributed by atoms with Crippen molar-refractivity contribution in [3.05, 3.63) is 131 Å². The normalized spacial score (nSPS) is 10.9. The van der Waals surface area contributed by atoms with E-state index in [1.165, 1.54) is 0 Å². The predicted molar refractivity (Wildman–Crippen MR) is 136 cm³/mol. The third kappa shape index (κ3) is 7.03. The Morgan fingerprint density at radius 2 is 1.57 bits per heavy atom. The summed E-state index contributed by atoms with van der Waals surface area (Å²) in [5.41, 5.74) is 2.04. The molecule has 0 saturated carbocycles. The first kappa shape index (κ1) is 23.7. The summed E-state index contributed by atoms with van der Waals surface area (Å²) in [6.07, 6.45) is 4.91. The fourth-order valence-corrected chi connectivity index (χ4v) is 3.32. The molecule has 0 fully saturated rings. The van der Waals surface area contributed by atoms with Crippen LogP contribution in [0.2, 0.25) is 5.02 Å². The third-order valence-electron chi connectivity index (χ3n) is 4.95. The lowest BCUT2D eigenvalue weighted by molar-refractivity contribution is -0.117. The summed E-state index contributed by atoms with van der Waals surface area (Å²) in [6.45, 7) is 0.284. The molecule has 2 amide bonds. The smallest absolute Gasteiger partial charge is 0.268 e. The molecule has 4 aromatic rings. The van der Waals surface area contributed by atoms with E-state index < -0.39 is 11.8 Å². The zero-order chi connectivity index (χ0) is 24.5. The van der Waals surface area contributed by atoms with E-state index in [4.69, 9.17) is 16.3 Å². The summed E-state index contributed by atoms with van der Waals surface area (Å²) < 4.78 is 5.89. The number of carbonyl (C=O) groups excluding carboxylic acids is 2. The number of carbonyl (C=O) groups is 2. The van der Waals surface area contributed by atoms with Crippen molar-refractivity contribution in [2.24, 2.45) is 0 Å². The van der Waals surface area contributed by atoms with Crippen LogP contribution in [-0.4, -0.2) is 16.8 Å². The molecule has 0 unspecified atom stereocenters. The number of hydrogen-bond donors (Lipinski definition) is 2. The van der Waals surface area contributed by atoms with Crippen LogP contribution in [0.5, 0.6) is 11.5 Å². The SMILES string of the molecule is O=C(NCc1ccncc1)/C(=C\c1cccc(Oc2ccccc2)c1)NC(=O)c1ccc(Cl)cc1. The molecule has 0 saturated heterocycles. The van der Waals surface area contributed by atoms with Gasteiger partial charge in [-0.2, -0.15) is 0 Å². The van der Waals surface area contributed by atoms with Crippen LogP contribution in [-0.2, 0) is 11.3 Å². The third-order valence-corrected chi connectivity index (χ3v) is 5.20. The maximum absolute atomic E-state index is 13.1. The summed E-state index contributed by atoms with van der Waals surface area (Å²) in [5, 5.41) is 6.07. The molecule has 7 heteroatoms. The average molecular weight is 484 g/mol. The zero-order valence-electron chi connectivity index (χ0n) is 18.6. The van der Waals surface area contributed by atoms with Gasteiger partial charge in [0.15, 0.2) is 0 Å². The van der Waals surface area contributed by atoms with E-state index >= 15 is 0 Å². The highest BCUT2D eigenvalue weighted by atomic mass is 35.5. The second-order valence-electron chi connectivity index (χ2n) is 7.54. The van der Waals surface area contributed by atoms with Gasteiger partial charge in [-0.05, 0) is 77.9 Å². The Morgan fingerprint density at radius 1 is 0.857 bits per heavy atom. The minimum Gasteiger partial charge on any atom is -0.457 e. The number of amides is 2. The maximum Gasteiger partial charge on any atom is 0.268 e. The van der Waals surface area contributed by atoms with Crippen molar-refractivity contribution in [3.8, 4) is 11.5 Å². The van der Waals surface area contributed by atoms with Gasteiger partial charge < -0.3 is 15.4 Å². The summed E-state index contributed by atoms with van der Waals surface area (Å²) in [4.78, 5) is 29.9. The molecule has 0 aliphatic rings. The van der Waals surface area contributed by atoms with Crippen molar-refractivity contribution >= 4 is 29.5 Å². The van der Waals surface area contributed by atoms with Crippen molar-refractivity contribution in [1.29, 1.82) is 0 Å². The lowest BCUT2D eigenvalue weighted by atomic mass is 10.1. The summed E-state index contributed by atoms with van der Waals surface area (Å²) in [6, 6.07) is 26.7. The molecule has 1 heterocycles. The first-order valence-electron chi connectivity index (χ1n) is 10.9. The summed E-state index contributed by atoms with van der Waals surface area (Å²) in [7, 11) is 0. The van der Waals surface area contributed by atoms with Gasteiger partial charge in [-0.1, -0.05) is 41.9 Å². The van der Waals surface area contributed by atoms with Crippen LogP contribution in [0.4, 0.5) is 0 Å². The molecule has 1 aromatic heterocycles. The zero-order valence-corrected chi connectivity index (χ0v) is 19.4. The van der Waals surface area contributed by atoms with E-state index in [2.05, 4.69) is 15.6 Å². The molecule has 2 N–H and O–H groups in total. The highest BCUT2D eigenvalue weighted by molar-refractivity contribution is 6.30. The molecule has 0 atom stereocenters. The van der Waals surface area contributed by atoms with E-state index in [9.17, 15) is 9.59 Å². The van der Waals surface area contributed by atoms with Crippen LogP contribution in [0.15, 0.2) is 109 Å². The molecule has 0 bridgehead atoms. The van der Waals surface area contributed by atoms with Crippen LogP contribution in [0.1, 0.15) is 21.5 Å². The Morgan fingerprint density at radius 3 is 2.31 bits per heavy atom. The first-order valence-corrected chi connectivity index (χ1v) is 11.2. The van der Waals surface area contributed by atoms with Crippen molar-refractivity contribution in [2.75, 3.05) is 0 Å². The molecule has 0 aliphatic heterocycles. The molecular formula is C28H22ClN3O3. The number of rotatable bonds is 8. The van der Waals surface area contributed by atoms with E-state index in [0.717, 1.165) is 5.56 Å². The number of halogens is 1. The number of benzene rings is 3. The number of pyridine rings is 1. The van der Waals surface area contributed by atoms with E-state index in [0.29, 0.717) is 27.6 Å². The molecule has 35 heavy (non-hydrogen) atoms. The van der Waals surface area contributed by atoms with E-state index in [1.807, 2.05) is 48.5 Å². The monoisotopic (exact) mass is 483 g/mol. The first-order chi connectivity index (χ1) is 17.1. The van der Waals surface area contributed by atoms with Crippen LogP contribution in [0, 0.1) is 0 Å². The van der Waals surface area contributed by atoms with Crippen molar-refractivity contribution < 1.29 is 14.3 Å². The number of nitrogens with zero attached hydrogens (tertiary/aromatic N) is 1. The predicted octanol–water partition coefficient (Wildman–Crippen LogP) is 5.61. The van der Waals surface area contributed by atoms with Crippen molar-refractivity contribution in [2.45, 2.75) is 6.54 Å². The number of nitrogens with one attached hydrogen (secondary N) is 2. The number of hydrogen-bond acceptors (Lipinski definition) is 4. The molecule has 3 aromatic carbocycles. The molecule has 6 nitrogen and oxygen atoms in total. The lowest BCUT2D eigenvalue weighted by Gasteiger charge is -2.12. The van der Waals surface area contributed by atoms with Gasteiger partial charge in [0.25, 0.3) is 11.8 Å². The second kappa shape index (κ2) is 11.6. The molecule has 0 aliphatic carbocycles. The Balaban J connectivity index is 1.57. The van der Waals surface area contributed by atoms with Gasteiger partial charge >= 0.3 is 0 Å². The van der Waals surface area contributed by atoms with Crippen LogP contribution in [0.3, 0.4) is 0 Å². The fourth-order valence-electron chi connectivity index (χ4n) is 3.19. The van der Waals surface area contributed by atoms with E-state index in [1.54, 1.807) is 60.9 Å². The maximum atomic E-state index is 13.1. The van der Waals surface area contributed by atoms with Gasteiger partial charge in [0.2, 0.25) is 0 Å². The Bertz CT molecular complexity index is 1320. The van der Waals surface area contributed by atoms with Crippen molar-refractivity contribution in [3.63, 3.8) is 0 Å². The highest BCUT2D eigenvalue weighted by Gasteiger charge is 2.15. The second-order valence-corrected chi connectivity index (χ2v) is 7.98. The fraction of sp³-hybridized carbons (Fsp3) is 0.0357. The molecular weight excluding hydrogens is 462 g/mol. The topological polar surface area (TPSA) is 80.3 Å². The quantitative estimate of drug-likeness (QED) is 0.319. The summed E-state index contributed by atoms with van der Waals surface area (Å²) >= 11 is 5.93. The lowest BCUT2D eigenvalue weighted by Crippen LogP contribution is -2.34. The Kier molecular flexibility index (Phi) is 7.88. The van der Waals surface area contributed by atoms with Gasteiger partial charge in [-0.3, -0.25) is 14.6 Å². The largest absolute Gasteiger partial charge is 0.457 e. The minimum absolute atomic E-state index is 0.0934. The van der Waals surface area contributed by atoms with Crippen LogP contribution < -0.4 is 15.4 Å². The molecule has 4 rings (SSSR count). The van der Waals surface area contributed by atoms with Gasteiger partial charge in [0, 0.05) is 29.5 Å². The van der Waals surface area contributed by atoms with Gasteiger partial charge in [0.05, 0.1) is 0 Å². The van der Waals surface area contributed by atoms with Gasteiger partial charge in [-0.25, -0.2) is 0 Å². The molecule has 174 valence electrons. The Labute approximate surface area is 208 Å². The summed E-state index contributed by atoms with van der Waals surface area (Å²) in [5.74, 6) is 0.438. The van der Waals surface area contributed by atoms with Crippen LogP contribution in [0.25, 0.3) is 6.08 Å². The Hall–Kier alpha value is -4.42. The average Bonchev–Trinajstić information content (AvgIpc) is 2.88. The molecule has 0 spiro atoms. The highest BCUT2D eigenvalue weighted by Crippen LogP contribution is 2.23.